The van der Waals surface area contributed by atoms with E-state index in [2.05, 4.69) is 20.6 Å². The van der Waals surface area contributed by atoms with Gasteiger partial charge in [-0.15, -0.1) is 0 Å². The SMILES string of the molecule is O=C(N[C@@H]1Cc2ccccc2[C@@H]1O)c1cccc2cnc(NC3CCC(O)CC3)nc12. The van der Waals surface area contributed by atoms with Crippen molar-refractivity contribution in [3.63, 3.8) is 0 Å². The van der Waals surface area contributed by atoms with Gasteiger partial charge >= 0.3 is 0 Å². The number of nitrogens with one attached hydrogen (secondary N) is 2. The number of fused-ring (bicyclic) bond motifs is 2. The van der Waals surface area contributed by atoms with Crippen LogP contribution in [0.15, 0.2) is 48.7 Å². The van der Waals surface area contributed by atoms with Gasteiger partial charge in [-0.2, -0.15) is 0 Å². The average molecular weight is 418 g/mol. The average Bonchev–Trinajstić information content (AvgIpc) is 3.10. The van der Waals surface area contributed by atoms with Crippen LogP contribution in [0.25, 0.3) is 10.9 Å². The normalized spacial score (nSPS) is 25.2. The van der Waals surface area contributed by atoms with E-state index in [-0.39, 0.29) is 24.1 Å². The first-order valence-electron chi connectivity index (χ1n) is 10.9. The van der Waals surface area contributed by atoms with Crippen LogP contribution in [0.5, 0.6) is 0 Å². The van der Waals surface area contributed by atoms with Gasteiger partial charge in [-0.3, -0.25) is 4.79 Å². The molecule has 5 rings (SSSR count). The molecule has 3 aromatic rings. The third kappa shape index (κ3) is 3.98. The molecule has 0 radical (unpaired) electrons. The molecule has 1 fully saturated rings. The molecule has 31 heavy (non-hydrogen) atoms. The van der Waals surface area contributed by atoms with E-state index in [0.717, 1.165) is 42.2 Å². The van der Waals surface area contributed by atoms with Crippen LogP contribution in [0, 0.1) is 0 Å². The Bertz CT molecular complexity index is 1110. The highest BCUT2D eigenvalue weighted by Crippen LogP contribution is 2.31. The Morgan fingerprint density at radius 1 is 1.00 bits per heavy atom. The summed E-state index contributed by atoms with van der Waals surface area (Å²) in [6.45, 7) is 0. The maximum atomic E-state index is 13.1. The monoisotopic (exact) mass is 418 g/mol. The van der Waals surface area contributed by atoms with Crippen LogP contribution in [-0.4, -0.2) is 44.3 Å². The number of aliphatic hydroxyl groups is 2. The van der Waals surface area contributed by atoms with E-state index in [1.165, 1.54) is 0 Å². The Morgan fingerprint density at radius 3 is 2.61 bits per heavy atom. The minimum Gasteiger partial charge on any atom is -0.393 e. The van der Waals surface area contributed by atoms with E-state index in [4.69, 9.17) is 0 Å². The fourth-order valence-corrected chi connectivity index (χ4v) is 4.66. The number of rotatable bonds is 4. The van der Waals surface area contributed by atoms with Gasteiger partial charge in [0.25, 0.3) is 5.91 Å². The fourth-order valence-electron chi connectivity index (χ4n) is 4.66. The minimum atomic E-state index is -0.719. The number of aromatic nitrogens is 2. The maximum absolute atomic E-state index is 13.1. The lowest BCUT2D eigenvalue weighted by Crippen LogP contribution is -2.38. The Morgan fingerprint density at radius 2 is 1.81 bits per heavy atom. The maximum Gasteiger partial charge on any atom is 0.253 e. The van der Waals surface area contributed by atoms with Crippen molar-refractivity contribution in [3.05, 3.63) is 65.4 Å². The summed E-state index contributed by atoms with van der Waals surface area (Å²) in [7, 11) is 0. The molecule has 0 unspecified atom stereocenters. The number of nitrogens with zero attached hydrogens (tertiary/aromatic N) is 2. The van der Waals surface area contributed by atoms with Crippen LogP contribution in [0.1, 0.15) is 53.3 Å². The number of hydrogen-bond donors (Lipinski definition) is 4. The molecular formula is C24H26N4O3. The van der Waals surface area contributed by atoms with Crippen molar-refractivity contribution in [1.29, 1.82) is 0 Å². The lowest BCUT2D eigenvalue weighted by atomic mass is 9.93. The predicted molar refractivity (Wildman–Crippen MR) is 118 cm³/mol. The smallest absolute Gasteiger partial charge is 0.253 e. The quantitative estimate of drug-likeness (QED) is 0.519. The van der Waals surface area contributed by atoms with Gasteiger partial charge in [-0.05, 0) is 49.3 Å². The van der Waals surface area contributed by atoms with Gasteiger partial charge < -0.3 is 20.8 Å². The van der Waals surface area contributed by atoms with Crippen molar-refractivity contribution in [2.75, 3.05) is 5.32 Å². The second-order valence-corrected chi connectivity index (χ2v) is 8.51. The summed E-state index contributed by atoms with van der Waals surface area (Å²) in [5.41, 5.74) is 2.98. The molecule has 0 bridgehead atoms. The molecule has 2 aliphatic carbocycles. The van der Waals surface area contributed by atoms with Crippen LogP contribution in [0.3, 0.4) is 0 Å². The van der Waals surface area contributed by atoms with Gasteiger partial charge in [-0.25, -0.2) is 9.97 Å². The molecule has 2 aliphatic rings. The first kappa shape index (κ1) is 19.9. The molecule has 0 spiro atoms. The standard InChI is InChI=1S/C24H26N4O3/c29-17-10-8-16(9-11-17)26-24-25-13-15-5-3-7-19(21(15)28-24)23(31)27-20-12-14-4-1-2-6-18(14)22(20)30/h1-7,13,16-17,20,22,29-30H,8-12H2,(H,27,31)(H,25,26,28)/t16?,17?,20-,22+/m1/s1. The van der Waals surface area contributed by atoms with E-state index in [1.54, 1.807) is 12.3 Å². The zero-order valence-electron chi connectivity index (χ0n) is 17.2. The molecular weight excluding hydrogens is 392 g/mol. The fraction of sp³-hybridized carbons (Fsp3) is 0.375. The van der Waals surface area contributed by atoms with Crippen molar-refractivity contribution in [1.82, 2.24) is 15.3 Å². The molecule has 160 valence electrons. The zero-order chi connectivity index (χ0) is 21.4. The topological polar surface area (TPSA) is 107 Å². The molecule has 7 heteroatoms. The largest absolute Gasteiger partial charge is 0.393 e. The molecule has 2 aromatic carbocycles. The van der Waals surface area contributed by atoms with E-state index in [0.29, 0.717) is 23.4 Å². The highest BCUT2D eigenvalue weighted by atomic mass is 16.3. The van der Waals surface area contributed by atoms with Crippen LogP contribution >= 0.6 is 0 Å². The first-order valence-corrected chi connectivity index (χ1v) is 10.9. The van der Waals surface area contributed by atoms with Crippen LogP contribution in [-0.2, 0) is 6.42 Å². The van der Waals surface area contributed by atoms with Gasteiger partial charge in [-0.1, -0.05) is 36.4 Å². The molecule has 0 saturated heterocycles. The summed E-state index contributed by atoms with van der Waals surface area (Å²) >= 11 is 0. The Labute approximate surface area is 180 Å². The molecule has 0 aliphatic heterocycles. The zero-order valence-corrected chi connectivity index (χ0v) is 17.2. The number of amides is 1. The number of carbonyl (C=O) groups excluding carboxylic acids is 1. The summed E-state index contributed by atoms with van der Waals surface area (Å²) in [6.07, 6.45) is 4.65. The van der Waals surface area contributed by atoms with Crippen molar-refractivity contribution in [2.45, 2.75) is 56.4 Å². The first-order chi connectivity index (χ1) is 15.1. The Balaban J connectivity index is 1.36. The van der Waals surface area contributed by atoms with E-state index in [9.17, 15) is 15.0 Å². The molecule has 1 amide bonds. The van der Waals surface area contributed by atoms with Crippen molar-refractivity contribution in [2.24, 2.45) is 0 Å². The van der Waals surface area contributed by atoms with Crippen molar-refractivity contribution >= 4 is 22.8 Å². The van der Waals surface area contributed by atoms with Gasteiger partial charge in [0, 0.05) is 17.6 Å². The lowest BCUT2D eigenvalue weighted by Gasteiger charge is -2.26. The molecule has 2 atom stereocenters. The van der Waals surface area contributed by atoms with Gasteiger partial charge in [0.1, 0.15) is 0 Å². The number of benzene rings is 2. The van der Waals surface area contributed by atoms with Crippen molar-refractivity contribution < 1.29 is 15.0 Å². The molecule has 4 N–H and O–H groups in total. The van der Waals surface area contributed by atoms with Crippen LogP contribution in [0.4, 0.5) is 5.95 Å². The lowest BCUT2D eigenvalue weighted by molar-refractivity contribution is 0.0860. The highest BCUT2D eigenvalue weighted by molar-refractivity contribution is 6.05. The van der Waals surface area contributed by atoms with E-state index < -0.39 is 6.10 Å². The second kappa shape index (κ2) is 8.24. The Kier molecular flexibility index (Phi) is 5.29. The number of aliphatic hydroxyl groups excluding tert-OH is 2. The number of para-hydroxylation sites is 1. The number of anilines is 1. The van der Waals surface area contributed by atoms with Gasteiger partial charge in [0.05, 0.1) is 29.3 Å². The van der Waals surface area contributed by atoms with Crippen LogP contribution in [0.2, 0.25) is 0 Å². The van der Waals surface area contributed by atoms with Gasteiger partial charge in [0.15, 0.2) is 0 Å². The molecule has 1 saturated carbocycles. The summed E-state index contributed by atoms with van der Waals surface area (Å²) < 4.78 is 0. The molecule has 1 heterocycles. The summed E-state index contributed by atoms with van der Waals surface area (Å²) in [4.78, 5) is 22.2. The second-order valence-electron chi connectivity index (χ2n) is 8.51. The summed E-state index contributed by atoms with van der Waals surface area (Å²) in [5.74, 6) is 0.232. The van der Waals surface area contributed by atoms with Gasteiger partial charge in [0.2, 0.25) is 5.95 Å². The van der Waals surface area contributed by atoms with E-state index >= 15 is 0 Å². The number of hydrogen-bond acceptors (Lipinski definition) is 6. The summed E-state index contributed by atoms with van der Waals surface area (Å²) in [5, 5.41) is 27.5. The molecule has 7 nitrogen and oxygen atoms in total. The van der Waals surface area contributed by atoms with Crippen LogP contribution < -0.4 is 10.6 Å². The predicted octanol–water partition coefficient (Wildman–Crippen LogP) is 2.73. The molecule has 1 aromatic heterocycles. The number of carbonyl (C=O) groups is 1. The van der Waals surface area contributed by atoms with E-state index in [1.807, 2.05) is 36.4 Å². The Hall–Kier alpha value is -3.03. The third-order valence-electron chi connectivity index (χ3n) is 6.40. The summed E-state index contributed by atoms with van der Waals surface area (Å²) in [6, 6.07) is 13.0. The third-order valence-corrected chi connectivity index (χ3v) is 6.40. The highest BCUT2D eigenvalue weighted by Gasteiger charge is 2.32. The minimum absolute atomic E-state index is 0.217. The van der Waals surface area contributed by atoms with Crippen molar-refractivity contribution in [3.8, 4) is 0 Å².